The number of rotatable bonds is 4. The van der Waals surface area contributed by atoms with E-state index in [0.29, 0.717) is 12.3 Å². The quantitative estimate of drug-likeness (QED) is 0.849. The molecule has 1 fully saturated rings. The highest BCUT2D eigenvalue weighted by atomic mass is 35.5. The number of nitrogens with zero attached hydrogens (tertiary/aromatic N) is 2. The molecule has 0 bridgehead atoms. The molecule has 110 valence electrons. The van der Waals surface area contributed by atoms with Crippen LogP contribution in [-0.2, 0) is 4.79 Å². The Bertz CT molecular complexity index is 468. The number of carbonyl (C=O) groups is 1. The van der Waals surface area contributed by atoms with Gasteiger partial charge in [0.15, 0.2) is 0 Å². The Balaban J connectivity index is 1.94. The lowest BCUT2D eigenvalue weighted by Crippen LogP contribution is -2.48. The Kier molecular flexibility index (Phi) is 5.30. The minimum atomic E-state index is 0.300. The van der Waals surface area contributed by atoms with Crippen LogP contribution >= 0.6 is 11.6 Å². The molecule has 0 aliphatic carbocycles. The second kappa shape index (κ2) is 6.98. The SMILES string of the molecule is CCCCC(=O)N1CCN(c2cc(Cl)ccc2C)CC1. The number of hydrogen-bond donors (Lipinski definition) is 0. The van der Waals surface area contributed by atoms with E-state index < -0.39 is 0 Å². The molecule has 0 atom stereocenters. The predicted molar refractivity (Wildman–Crippen MR) is 84.5 cm³/mol. The van der Waals surface area contributed by atoms with Crippen molar-refractivity contribution in [2.45, 2.75) is 33.1 Å². The lowest BCUT2D eigenvalue weighted by Gasteiger charge is -2.37. The summed E-state index contributed by atoms with van der Waals surface area (Å²) in [6, 6.07) is 5.99. The molecule has 1 aromatic rings. The van der Waals surface area contributed by atoms with Gasteiger partial charge in [-0.15, -0.1) is 0 Å². The van der Waals surface area contributed by atoms with Gasteiger partial charge in [0.05, 0.1) is 0 Å². The van der Waals surface area contributed by atoms with Gasteiger partial charge >= 0.3 is 0 Å². The van der Waals surface area contributed by atoms with Crippen molar-refractivity contribution >= 4 is 23.2 Å². The van der Waals surface area contributed by atoms with E-state index in [-0.39, 0.29) is 0 Å². The Labute approximate surface area is 126 Å². The molecular weight excluding hydrogens is 272 g/mol. The van der Waals surface area contributed by atoms with Crippen LogP contribution in [0.15, 0.2) is 18.2 Å². The van der Waals surface area contributed by atoms with Gasteiger partial charge in [-0.1, -0.05) is 31.0 Å². The van der Waals surface area contributed by atoms with Crippen LogP contribution < -0.4 is 4.90 Å². The monoisotopic (exact) mass is 294 g/mol. The van der Waals surface area contributed by atoms with Crippen molar-refractivity contribution in [2.24, 2.45) is 0 Å². The maximum absolute atomic E-state index is 12.0. The molecule has 0 unspecified atom stereocenters. The third-order valence-electron chi connectivity index (χ3n) is 3.89. The molecule has 1 amide bonds. The first-order valence-corrected chi connectivity index (χ1v) is 7.78. The number of unbranched alkanes of at least 4 members (excludes halogenated alkanes) is 1. The normalized spacial score (nSPS) is 15.6. The lowest BCUT2D eigenvalue weighted by atomic mass is 10.1. The minimum absolute atomic E-state index is 0.300. The van der Waals surface area contributed by atoms with Crippen LogP contribution in [0.5, 0.6) is 0 Å². The number of piperazine rings is 1. The minimum Gasteiger partial charge on any atom is -0.368 e. The van der Waals surface area contributed by atoms with Gasteiger partial charge < -0.3 is 9.80 Å². The maximum Gasteiger partial charge on any atom is 0.222 e. The number of halogens is 1. The summed E-state index contributed by atoms with van der Waals surface area (Å²) in [7, 11) is 0. The van der Waals surface area contributed by atoms with Crippen LogP contribution in [0.25, 0.3) is 0 Å². The van der Waals surface area contributed by atoms with E-state index in [9.17, 15) is 4.79 Å². The lowest BCUT2D eigenvalue weighted by molar-refractivity contribution is -0.131. The molecule has 1 aliphatic heterocycles. The molecule has 3 nitrogen and oxygen atoms in total. The van der Waals surface area contributed by atoms with E-state index in [1.165, 1.54) is 11.3 Å². The van der Waals surface area contributed by atoms with Gasteiger partial charge in [0.2, 0.25) is 5.91 Å². The van der Waals surface area contributed by atoms with Crippen molar-refractivity contribution in [3.05, 3.63) is 28.8 Å². The fourth-order valence-corrected chi connectivity index (χ4v) is 2.77. The first kappa shape index (κ1) is 15.2. The van der Waals surface area contributed by atoms with E-state index in [1.807, 2.05) is 17.0 Å². The average Bonchev–Trinajstić information content (AvgIpc) is 2.47. The molecule has 1 saturated heterocycles. The van der Waals surface area contributed by atoms with Crippen molar-refractivity contribution in [2.75, 3.05) is 31.1 Å². The van der Waals surface area contributed by atoms with Crippen LogP contribution in [0.2, 0.25) is 5.02 Å². The fourth-order valence-electron chi connectivity index (χ4n) is 2.61. The van der Waals surface area contributed by atoms with E-state index in [1.54, 1.807) is 0 Å². The third kappa shape index (κ3) is 3.66. The number of carbonyl (C=O) groups excluding carboxylic acids is 1. The highest BCUT2D eigenvalue weighted by molar-refractivity contribution is 6.30. The topological polar surface area (TPSA) is 23.6 Å². The number of anilines is 1. The molecule has 1 aliphatic rings. The van der Waals surface area contributed by atoms with Crippen LogP contribution in [-0.4, -0.2) is 37.0 Å². The zero-order valence-corrected chi connectivity index (χ0v) is 13.1. The number of amides is 1. The Morgan fingerprint density at radius 3 is 2.60 bits per heavy atom. The third-order valence-corrected chi connectivity index (χ3v) is 4.12. The predicted octanol–water partition coefficient (Wildman–Crippen LogP) is 3.49. The standard InChI is InChI=1S/C16H23ClN2O/c1-3-4-5-16(20)19-10-8-18(9-11-19)15-12-14(17)7-6-13(15)2/h6-7,12H,3-5,8-11H2,1-2H3. The first-order chi connectivity index (χ1) is 9.61. The van der Waals surface area contributed by atoms with E-state index in [4.69, 9.17) is 11.6 Å². The fraction of sp³-hybridized carbons (Fsp3) is 0.562. The molecule has 0 saturated carbocycles. The van der Waals surface area contributed by atoms with Gasteiger partial charge in [-0.25, -0.2) is 0 Å². The molecule has 4 heteroatoms. The summed E-state index contributed by atoms with van der Waals surface area (Å²) in [5, 5.41) is 0.770. The molecule has 0 spiro atoms. The van der Waals surface area contributed by atoms with Crippen LogP contribution in [0.3, 0.4) is 0 Å². The number of aryl methyl sites for hydroxylation is 1. The van der Waals surface area contributed by atoms with Gasteiger partial charge in [-0.3, -0.25) is 4.79 Å². The molecule has 0 radical (unpaired) electrons. The molecular formula is C16H23ClN2O. The summed E-state index contributed by atoms with van der Waals surface area (Å²) in [6.45, 7) is 7.62. The van der Waals surface area contributed by atoms with E-state index >= 15 is 0 Å². The Hall–Kier alpha value is -1.22. The van der Waals surface area contributed by atoms with Gasteiger partial charge in [-0.2, -0.15) is 0 Å². The Morgan fingerprint density at radius 2 is 1.95 bits per heavy atom. The molecule has 20 heavy (non-hydrogen) atoms. The highest BCUT2D eigenvalue weighted by Crippen LogP contribution is 2.25. The second-order valence-electron chi connectivity index (χ2n) is 5.40. The molecule has 2 rings (SSSR count). The van der Waals surface area contributed by atoms with Gasteiger partial charge in [0.25, 0.3) is 0 Å². The summed E-state index contributed by atoms with van der Waals surface area (Å²) in [5.74, 6) is 0.300. The van der Waals surface area contributed by atoms with Crippen molar-refractivity contribution < 1.29 is 4.79 Å². The Morgan fingerprint density at radius 1 is 1.25 bits per heavy atom. The summed E-state index contributed by atoms with van der Waals surface area (Å²) in [5.41, 5.74) is 2.43. The second-order valence-corrected chi connectivity index (χ2v) is 5.84. The van der Waals surface area contributed by atoms with Crippen LogP contribution in [0.1, 0.15) is 31.7 Å². The maximum atomic E-state index is 12.0. The number of hydrogen-bond acceptors (Lipinski definition) is 2. The molecule has 0 aromatic heterocycles. The summed E-state index contributed by atoms with van der Waals surface area (Å²) >= 11 is 6.08. The van der Waals surface area contributed by atoms with Gasteiger partial charge in [0, 0.05) is 43.3 Å². The first-order valence-electron chi connectivity index (χ1n) is 7.40. The van der Waals surface area contributed by atoms with Gasteiger partial charge in [0.1, 0.15) is 0 Å². The van der Waals surface area contributed by atoms with Crippen molar-refractivity contribution in [3.8, 4) is 0 Å². The van der Waals surface area contributed by atoms with E-state index in [2.05, 4.69) is 24.8 Å². The van der Waals surface area contributed by atoms with Crippen molar-refractivity contribution in [1.29, 1.82) is 0 Å². The number of benzene rings is 1. The van der Waals surface area contributed by atoms with Gasteiger partial charge in [-0.05, 0) is 31.0 Å². The molecule has 1 aromatic carbocycles. The van der Waals surface area contributed by atoms with E-state index in [0.717, 1.165) is 44.0 Å². The zero-order chi connectivity index (χ0) is 14.5. The molecule has 1 heterocycles. The van der Waals surface area contributed by atoms with Crippen molar-refractivity contribution in [1.82, 2.24) is 4.90 Å². The zero-order valence-electron chi connectivity index (χ0n) is 12.4. The summed E-state index contributed by atoms with van der Waals surface area (Å²) in [4.78, 5) is 16.3. The van der Waals surface area contributed by atoms with Crippen LogP contribution in [0.4, 0.5) is 5.69 Å². The smallest absolute Gasteiger partial charge is 0.222 e. The van der Waals surface area contributed by atoms with Crippen LogP contribution in [0, 0.1) is 6.92 Å². The largest absolute Gasteiger partial charge is 0.368 e. The molecule has 0 N–H and O–H groups in total. The summed E-state index contributed by atoms with van der Waals surface area (Å²) < 4.78 is 0. The average molecular weight is 295 g/mol. The summed E-state index contributed by atoms with van der Waals surface area (Å²) in [6.07, 6.45) is 2.76. The highest BCUT2D eigenvalue weighted by Gasteiger charge is 2.21. The van der Waals surface area contributed by atoms with Crippen molar-refractivity contribution in [3.63, 3.8) is 0 Å².